The van der Waals surface area contributed by atoms with Gasteiger partial charge in [0.1, 0.15) is 6.54 Å². The van der Waals surface area contributed by atoms with Crippen molar-refractivity contribution in [3.05, 3.63) is 46.4 Å². The minimum atomic E-state index is -3.77. The average Bonchev–Trinajstić information content (AvgIpc) is 3.02. The van der Waals surface area contributed by atoms with Crippen LogP contribution in [-0.2, 0) is 14.8 Å². The molecule has 26 heavy (non-hydrogen) atoms. The number of hydrogen-bond acceptors (Lipinski definition) is 5. The SMILES string of the molecule is CS(=O)(=O)N(CC(=O)Nc1ccc2c(c1)OCO2)c1cc(Cl)ccc1Cl. The highest BCUT2D eigenvalue weighted by molar-refractivity contribution is 7.92. The fourth-order valence-electron chi connectivity index (χ4n) is 2.36. The third kappa shape index (κ3) is 4.14. The topological polar surface area (TPSA) is 84.9 Å². The third-order valence-electron chi connectivity index (χ3n) is 3.52. The maximum atomic E-state index is 12.4. The van der Waals surface area contributed by atoms with Crippen LogP contribution in [0.1, 0.15) is 0 Å². The van der Waals surface area contributed by atoms with Gasteiger partial charge in [-0.05, 0) is 30.3 Å². The van der Waals surface area contributed by atoms with E-state index >= 15 is 0 Å². The molecule has 1 amide bonds. The lowest BCUT2D eigenvalue weighted by Crippen LogP contribution is -2.37. The van der Waals surface area contributed by atoms with Gasteiger partial charge in [-0.2, -0.15) is 0 Å². The number of carbonyl (C=O) groups excluding carboxylic acids is 1. The second-order valence-corrected chi connectivity index (χ2v) is 8.23. The van der Waals surface area contributed by atoms with Crippen molar-refractivity contribution in [2.45, 2.75) is 0 Å². The predicted octanol–water partition coefficient (Wildman–Crippen LogP) is 3.13. The molecule has 1 aliphatic heterocycles. The molecule has 1 heterocycles. The summed E-state index contributed by atoms with van der Waals surface area (Å²) in [6.07, 6.45) is 0.984. The van der Waals surface area contributed by atoms with Crippen LogP contribution in [0.4, 0.5) is 11.4 Å². The first kappa shape index (κ1) is 18.6. The number of fused-ring (bicyclic) bond motifs is 1. The molecule has 1 aliphatic rings. The zero-order valence-corrected chi connectivity index (χ0v) is 15.9. The molecule has 0 saturated heterocycles. The van der Waals surface area contributed by atoms with Gasteiger partial charge in [-0.15, -0.1) is 0 Å². The van der Waals surface area contributed by atoms with Gasteiger partial charge >= 0.3 is 0 Å². The number of carbonyl (C=O) groups is 1. The number of ether oxygens (including phenoxy) is 2. The van der Waals surface area contributed by atoms with Crippen LogP contribution in [0.5, 0.6) is 11.5 Å². The molecule has 2 aromatic rings. The molecule has 0 bridgehead atoms. The molecule has 0 atom stereocenters. The molecule has 2 aromatic carbocycles. The quantitative estimate of drug-likeness (QED) is 0.808. The van der Waals surface area contributed by atoms with Crippen LogP contribution in [0.3, 0.4) is 0 Å². The number of benzene rings is 2. The zero-order chi connectivity index (χ0) is 18.9. The Balaban J connectivity index is 1.81. The first-order chi connectivity index (χ1) is 12.2. The molecule has 0 spiro atoms. The predicted molar refractivity (Wildman–Crippen MR) is 99.8 cm³/mol. The molecular weight excluding hydrogens is 403 g/mol. The fraction of sp³-hybridized carbons (Fsp3) is 0.188. The van der Waals surface area contributed by atoms with E-state index in [2.05, 4.69) is 5.32 Å². The van der Waals surface area contributed by atoms with E-state index in [1.54, 1.807) is 18.2 Å². The van der Waals surface area contributed by atoms with Crippen LogP contribution < -0.4 is 19.1 Å². The van der Waals surface area contributed by atoms with E-state index in [1.165, 1.54) is 18.2 Å². The van der Waals surface area contributed by atoms with Crippen LogP contribution >= 0.6 is 23.2 Å². The highest BCUT2D eigenvalue weighted by atomic mass is 35.5. The molecular formula is C16H14Cl2N2O5S. The first-order valence-corrected chi connectivity index (χ1v) is 9.97. The molecule has 0 radical (unpaired) electrons. The highest BCUT2D eigenvalue weighted by Crippen LogP contribution is 2.34. The van der Waals surface area contributed by atoms with E-state index in [0.29, 0.717) is 22.2 Å². The highest BCUT2D eigenvalue weighted by Gasteiger charge is 2.24. The summed E-state index contributed by atoms with van der Waals surface area (Å²) in [6.45, 7) is -0.352. The Bertz CT molecular complexity index is 965. The molecule has 1 N–H and O–H groups in total. The Labute approximate surface area is 160 Å². The Kier molecular flexibility index (Phi) is 5.17. The Morgan fingerprint density at radius 2 is 1.88 bits per heavy atom. The first-order valence-electron chi connectivity index (χ1n) is 7.36. The van der Waals surface area contributed by atoms with Gasteiger partial charge in [0.15, 0.2) is 11.5 Å². The van der Waals surface area contributed by atoms with E-state index in [1.807, 2.05) is 0 Å². The molecule has 0 saturated carbocycles. The van der Waals surface area contributed by atoms with Crippen molar-refractivity contribution in [3.8, 4) is 11.5 Å². The number of amides is 1. The lowest BCUT2D eigenvalue weighted by Gasteiger charge is -2.23. The van der Waals surface area contributed by atoms with Crippen LogP contribution in [0, 0.1) is 0 Å². The van der Waals surface area contributed by atoms with E-state index in [4.69, 9.17) is 32.7 Å². The van der Waals surface area contributed by atoms with Crippen molar-refractivity contribution in [2.75, 3.05) is 29.2 Å². The minimum Gasteiger partial charge on any atom is -0.454 e. The van der Waals surface area contributed by atoms with Gasteiger partial charge in [-0.25, -0.2) is 8.42 Å². The summed E-state index contributed by atoms with van der Waals surface area (Å²) >= 11 is 12.0. The number of hydrogen-bond donors (Lipinski definition) is 1. The van der Waals surface area contributed by atoms with Crippen molar-refractivity contribution in [1.29, 1.82) is 0 Å². The zero-order valence-electron chi connectivity index (χ0n) is 13.5. The molecule has 3 rings (SSSR count). The van der Waals surface area contributed by atoms with Gasteiger partial charge in [0.2, 0.25) is 22.7 Å². The maximum absolute atomic E-state index is 12.4. The number of halogens is 2. The molecule has 0 unspecified atom stereocenters. The summed E-state index contributed by atoms with van der Waals surface area (Å²) < 4.78 is 35.6. The Morgan fingerprint density at radius 3 is 2.62 bits per heavy atom. The third-order valence-corrected chi connectivity index (χ3v) is 5.20. The number of anilines is 2. The van der Waals surface area contributed by atoms with Gasteiger partial charge in [-0.1, -0.05) is 23.2 Å². The summed E-state index contributed by atoms with van der Waals surface area (Å²) in [5, 5.41) is 3.08. The largest absolute Gasteiger partial charge is 0.454 e. The lowest BCUT2D eigenvalue weighted by molar-refractivity contribution is -0.114. The van der Waals surface area contributed by atoms with Gasteiger partial charge in [0.05, 0.1) is 17.0 Å². The van der Waals surface area contributed by atoms with Gasteiger partial charge < -0.3 is 14.8 Å². The molecule has 138 valence electrons. The van der Waals surface area contributed by atoms with Gasteiger partial charge in [0.25, 0.3) is 0 Å². The summed E-state index contributed by atoms with van der Waals surface area (Å²) in [7, 11) is -3.77. The molecule has 7 nitrogen and oxygen atoms in total. The maximum Gasteiger partial charge on any atom is 0.245 e. The van der Waals surface area contributed by atoms with Crippen LogP contribution in [0.2, 0.25) is 10.0 Å². The average molecular weight is 417 g/mol. The van der Waals surface area contributed by atoms with Gasteiger partial charge in [0, 0.05) is 16.8 Å². The Morgan fingerprint density at radius 1 is 1.15 bits per heavy atom. The number of nitrogens with one attached hydrogen (secondary N) is 1. The second kappa shape index (κ2) is 7.22. The monoisotopic (exact) mass is 416 g/mol. The summed E-state index contributed by atoms with van der Waals surface area (Å²) in [5.41, 5.74) is 0.576. The molecule has 0 aromatic heterocycles. The number of sulfonamides is 1. The summed E-state index contributed by atoms with van der Waals surface area (Å²) in [4.78, 5) is 12.4. The van der Waals surface area contributed by atoms with Crippen molar-refractivity contribution >= 4 is 50.5 Å². The van der Waals surface area contributed by atoms with Crippen LogP contribution in [-0.4, -0.2) is 33.9 Å². The van der Waals surface area contributed by atoms with E-state index in [0.717, 1.165) is 10.6 Å². The molecule has 0 aliphatic carbocycles. The molecule has 0 fully saturated rings. The van der Waals surface area contributed by atoms with E-state index < -0.39 is 22.5 Å². The lowest BCUT2D eigenvalue weighted by atomic mass is 10.2. The second-order valence-electron chi connectivity index (χ2n) is 5.48. The molecule has 10 heteroatoms. The summed E-state index contributed by atoms with van der Waals surface area (Å²) in [5.74, 6) is 0.525. The van der Waals surface area contributed by atoms with E-state index in [-0.39, 0.29) is 17.5 Å². The van der Waals surface area contributed by atoms with Crippen molar-refractivity contribution in [3.63, 3.8) is 0 Å². The number of rotatable bonds is 5. The fourth-order valence-corrected chi connectivity index (χ4v) is 3.66. The summed E-state index contributed by atoms with van der Waals surface area (Å²) in [6, 6.07) is 9.26. The van der Waals surface area contributed by atoms with Crippen LogP contribution in [0.15, 0.2) is 36.4 Å². The smallest absolute Gasteiger partial charge is 0.245 e. The Hall–Kier alpha value is -2.16. The van der Waals surface area contributed by atoms with Crippen LogP contribution in [0.25, 0.3) is 0 Å². The van der Waals surface area contributed by atoms with E-state index in [9.17, 15) is 13.2 Å². The normalized spacial score (nSPS) is 12.7. The standard InChI is InChI=1S/C16H14Cl2N2O5S/c1-26(22,23)20(13-6-10(17)2-4-12(13)18)8-16(21)19-11-3-5-14-15(7-11)25-9-24-14/h2-7H,8-9H2,1H3,(H,19,21). The van der Waals surface area contributed by atoms with Gasteiger partial charge in [-0.3, -0.25) is 9.10 Å². The van der Waals surface area contributed by atoms with Crippen molar-refractivity contribution in [1.82, 2.24) is 0 Å². The number of nitrogens with zero attached hydrogens (tertiary/aromatic N) is 1. The van der Waals surface area contributed by atoms with Crippen molar-refractivity contribution < 1.29 is 22.7 Å². The minimum absolute atomic E-state index is 0.113. The van der Waals surface area contributed by atoms with Crippen molar-refractivity contribution in [2.24, 2.45) is 0 Å².